The van der Waals surface area contributed by atoms with Gasteiger partial charge in [0.2, 0.25) is 0 Å². The van der Waals surface area contributed by atoms with E-state index in [1.165, 1.54) is 80.6 Å². The molecular formula is C28H34Cl2Zr. The molecule has 0 saturated carbocycles. The number of fused-ring (bicyclic) bond motifs is 2. The molecule has 3 heteroatoms. The zero-order valence-electron chi connectivity index (χ0n) is 19.7. The van der Waals surface area contributed by atoms with Crippen LogP contribution in [0.25, 0.3) is 21.5 Å². The molecule has 164 valence electrons. The second-order valence-corrected chi connectivity index (χ2v) is 8.17. The van der Waals surface area contributed by atoms with Crippen LogP contribution in [-0.2, 0) is 39.0 Å². The summed E-state index contributed by atoms with van der Waals surface area (Å²) in [5.41, 5.74) is 8.83. The van der Waals surface area contributed by atoms with Crippen LogP contribution in [0.4, 0.5) is 0 Å². The monoisotopic (exact) mass is 530 g/mol. The molecule has 0 bridgehead atoms. The molecule has 0 atom stereocenters. The van der Waals surface area contributed by atoms with Gasteiger partial charge in [-0.2, -0.15) is 11.1 Å². The van der Waals surface area contributed by atoms with E-state index in [0.717, 1.165) is 0 Å². The smallest absolute Gasteiger partial charge is 1.00 e. The number of benzene rings is 2. The third-order valence-corrected chi connectivity index (χ3v) is 6.02. The van der Waals surface area contributed by atoms with Crippen molar-refractivity contribution < 1.29 is 51.0 Å². The fraction of sp³-hybridized carbons (Fsp3) is 0.357. The van der Waals surface area contributed by atoms with Gasteiger partial charge >= 0.3 is 26.2 Å². The minimum Gasteiger partial charge on any atom is -1.00 e. The summed E-state index contributed by atoms with van der Waals surface area (Å²) in [6.45, 7) is 13.4. The second kappa shape index (κ2) is 13.6. The molecule has 0 aliphatic carbocycles. The Bertz CT molecular complexity index is 997. The summed E-state index contributed by atoms with van der Waals surface area (Å²) in [5.74, 6) is 0. The van der Waals surface area contributed by atoms with Crippen LogP contribution in [0.3, 0.4) is 0 Å². The average molecular weight is 533 g/mol. The van der Waals surface area contributed by atoms with E-state index in [2.05, 4.69) is 90.1 Å². The first kappa shape index (κ1) is 30.1. The summed E-state index contributed by atoms with van der Waals surface area (Å²) in [4.78, 5) is 0. The largest absolute Gasteiger partial charge is 4.00 e. The molecule has 0 unspecified atom stereocenters. The van der Waals surface area contributed by atoms with Crippen LogP contribution >= 0.6 is 0 Å². The molecule has 0 heterocycles. The molecule has 0 amide bonds. The molecule has 0 aliphatic heterocycles. The minimum absolute atomic E-state index is 0. The molecule has 0 aliphatic rings. The Morgan fingerprint density at radius 3 is 1.26 bits per heavy atom. The predicted octanol–water partition coefficient (Wildman–Crippen LogP) is 2.26. The molecule has 4 rings (SSSR count). The van der Waals surface area contributed by atoms with Gasteiger partial charge < -0.3 is 24.8 Å². The topological polar surface area (TPSA) is 0 Å². The van der Waals surface area contributed by atoms with Gasteiger partial charge in [0.25, 0.3) is 0 Å². The van der Waals surface area contributed by atoms with Gasteiger partial charge in [0.1, 0.15) is 0 Å². The van der Waals surface area contributed by atoms with Crippen molar-refractivity contribution in [2.24, 2.45) is 0 Å². The van der Waals surface area contributed by atoms with Gasteiger partial charge in [0.05, 0.1) is 0 Å². The summed E-state index contributed by atoms with van der Waals surface area (Å²) >= 11 is 0. The van der Waals surface area contributed by atoms with Gasteiger partial charge in [0, 0.05) is 0 Å². The van der Waals surface area contributed by atoms with Crippen molar-refractivity contribution in [2.75, 3.05) is 0 Å². The summed E-state index contributed by atoms with van der Waals surface area (Å²) in [6, 6.07) is 17.8. The van der Waals surface area contributed by atoms with E-state index in [1.54, 1.807) is 0 Å². The van der Waals surface area contributed by atoms with Gasteiger partial charge in [-0.3, -0.25) is 0 Å². The van der Waals surface area contributed by atoms with Crippen LogP contribution in [0.1, 0.15) is 60.1 Å². The third-order valence-electron chi connectivity index (χ3n) is 6.02. The van der Waals surface area contributed by atoms with Crippen molar-refractivity contribution in [2.45, 2.75) is 67.2 Å². The van der Waals surface area contributed by atoms with E-state index < -0.39 is 0 Å². The van der Waals surface area contributed by atoms with E-state index in [1.807, 2.05) is 0 Å². The molecule has 0 fully saturated rings. The molecule has 0 nitrogen and oxygen atoms in total. The molecule has 4 aromatic rings. The van der Waals surface area contributed by atoms with E-state index in [9.17, 15) is 0 Å². The van der Waals surface area contributed by atoms with Crippen molar-refractivity contribution in [3.05, 3.63) is 81.9 Å². The minimum atomic E-state index is 0. The maximum Gasteiger partial charge on any atom is 4.00 e. The van der Waals surface area contributed by atoms with Crippen molar-refractivity contribution in [3.63, 3.8) is 0 Å². The summed E-state index contributed by atoms with van der Waals surface area (Å²) < 4.78 is 0. The Hall–Kier alpha value is -0.877. The first-order valence-corrected chi connectivity index (χ1v) is 10.8. The fourth-order valence-corrected chi connectivity index (χ4v) is 4.62. The number of halogens is 2. The molecule has 31 heavy (non-hydrogen) atoms. The maximum atomic E-state index is 2.35. The van der Waals surface area contributed by atoms with Crippen LogP contribution < -0.4 is 24.8 Å². The van der Waals surface area contributed by atoms with Crippen LogP contribution in [-0.4, -0.2) is 0 Å². The van der Waals surface area contributed by atoms with Crippen LogP contribution in [0.15, 0.2) is 48.5 Å². The van der Waals surface area contributed by atoms with Crippen molar-refractivity contribution in [1.29, 1.82) is 0 Å². The van der Waals surface area contributed by atoms with Crippen LogP contribution in [0.2, 0.25) is 0 Å². The van der Waals surface area contributed by atoms with Gasteiger partial charge in [-0.15, -0.1) is 69.1 Å². The molecule has 0 saturated heterocycles. The van der Waals surface area contributed by atoms with Crippen LogP contribution in [0.5, 0.6) is 0 Å². The predicted molar refractivity (Wildman–Crippen MR) is 126 cm³/mol. The summed E-state index contributed by atoms with van der Waals surface area (Å²) in [5, 5.41) is 5.75. The van der Waals surface area contributed by atoms with Gasteiger partial charge in [-0.25, -0.2) is 0 Å². The second-order valence-electron chi connectivity index (χ2n) is 8.17. The Kier molecular flexibility index (Phi) is 13.2. The average Bonchev–Trinajstić information content (AvgIpc) is 3.16. The van der Waals surface area contributed by atoms with Crippen molar-refractivity contribution in [3.8, 4) is 0 Å². The van der Waals surface area contributed by atoms with Crippen molar-refractivity contribution in [1.82, 2.24) is 0 Å². The molecular weight excluding hydrogens is 498 g/mol. The maximum absolute atomic E-state index is 2.35. The number of rotatable bonds is 4. The summed E-state index contributed by atoms with van der Waals surface area (Å²) in [6.07, 6.45) is 4.88. The molecule has 0 N–H and O–H groups in total. The number of hydrogen-bond donors (Lipinski definition) is 0. The molecule has 0 spiro atoms. The van der Waals surface area contributed by atoms with Gasteiger partial charge in [0.15, 0.2) is 0 Å². The Morgan fingerprint density at radius 2 is 0.968 bits per heavy atom. The van der Waals surface area contributed by atoms with Gasteiger partial charge in [-0.05, 0) is 26.7 Å². The first-order valence-electron chi connectivity index (χ1n) is 10.8. The van der Waals surface area contributed by atoms with Crippen LogP contribution in [0, 0.1) is 27.7 Å². The normalized spacial score (nSPS) is 10.0. The Labute approximate surface area is 220 Å². The SMILES string of the molecule is CCCc1[cH-]c2cccc(C)c2c1C.CCCc1[cH-]c2cccc(C)c2c1C.[Cl-].[Cl-].[Zr+4]. The third kappa shape index (κ3) is 6.57. The number of hydrogen-bond acceptors (Lipinski definition) is 0. The molecule has 4 aromatic carbocycles. The van der Waals surface area contributed by atoms with E-state index in [4.69, 9.17) is 0 Å². The standard InChI is InChI=1S/2C14H17.2ClH.Zr/c2*1-4-6-12-9-13-8-5-7-10(2)14(13)11(12)3;;;/h2*5,7-9H,4,6H2,1-3H3;2*1H;/q2*-1;;;+4/p-2. The fourth-order valence-electron chi connectivity index (χ4n) is 4.62. The number of aryl methyl sites for hydroxylation is 6. The zero-order valence-corrected chi connectivity index (χ0v) is 23.7. The Morgan fingerprint density at radius 1 is 0.613 bits per heavy atom. The quantitative estimate of drug-likeness (QED) is 0.354. The first-order chi connectivity index (χ1) is 13.5. The van der Waals surface area contributed by atoms with Crippen molar-refractivity contribution >= 4 is 21.5 Å². The summed E-state index contributed by atoms with van der Waals surface area (Å²) in [7, 11) is 0. The van der Waals surface area contributed by atoms with Gasteiger partial charge in [-0.1, -0.05) is 63.8 Å². The van der Waals surface area contributed by atoms with E-state index >= 15 is 0 Å². The van der Waals surface area contributed by atoms with E-state index in [0.29, 0.717) is 0 Å². The molecule has 0 radical (unpaired) electrons. The molecule has 0 aromatic heterocycles. The zero-order chi connectivity index (χ0) is 20.3. The van der Waals surface area contributed by atoms with E-state index in [-0.39, 0.29) is 51.0 Å². The Balaban J connectivity index is 0.000000529.